The number of thiophene rings is 1. The van der Waals surface area contributed by atoms with E-state index in [1.807, 2.05) is 47.5 Å². The van der Waals surface area contributed by atoms with Gasteiger partial charge in [-0.25, -0.2) is 0 Å². The molecule has 8 nitrogen and oxygen atoms in total. The molecule has 0 unspecified atom stereocenters. The van der Waals surface area contributed by atoms with Gasteiger partial charge in [0, 0.05) is 22.3 Å². The van der Waals surface area contributed by atoms with Crippen LogP contribution in [0.15, 0.2) is 60.0 Å². The molecule has 0 aliphatic carbocycles. The van der Waals surface area contributed by atoms with Crippen LogP contribution >= 0.6 is 11.3 Å². The van der Waals surface area contributed by atoms with Gasteiger partial charge < -0.3 is 24.4 Å². The number of rotatable bonds is 10. The lowest BCUT2D eigenvalue weighted by Gasteiger charge is -2.28. The molecule has 1 N–H and O–H groups in total. The molecule has 1 aliphatic heterocycles. The van der Waals surface area contributed by atoms with Crippen LogP contribution in [0.5, 0.6) is 17.2 Å². The Balaban J connectivity index is 1.45. The molecule has 0 bridgehead atoms. The highest BCUT2D eigenvalue weighted by molar-refractivity contribution is 7.09. The van der Waals surface area contributed by atoms with Crippen molar-refractivity contribution in [2.75, 3.05) is 50.2 Å². The van der Waals surface area contributed by atoms with Crippen molar-refractivity contribution in [1.82, 2.24) is 4.90 Å². The minimum Gasteiger partial charge on any atom is -0.497 e. The molecule has 4 rings (SSSR count). The van der Waals surface area contributed by atoms with Gasteiger partial charge >= 0.3 is 0 Å². The fraction of sp³-hybridized carbons (Fsp3) is 0.308. The number of nitrogens with zero attached hydrogens (tertiary/aromatic N) is 2. The van der Waals surface area contributed by atoms with E-state index in [-0.39, 0.29) is 24.9 Å². The Kier molecular flexibility index (Phi) is 8.23. The number of nitrogens with one attached hydrogen (secondary N) is 1. The maximum Gasteiger partial charge on any atom is 0.241 e. The second kappa shape index (κ2) is 11.7. The molecule has 35 heavy (non-hydrogen) atoms. The second-order valence-corrected chi connectivity index (χ2v) is 9.00. The Morgan fingerprint density at radius 1 is 1.03 bits per heavy atom. The van der Waals surface area contributed by atoms with Crippen LogP contribution in [0.2, 0.25) is 0 Å². The lowest BCUT2D eigenvalue weighted by atomic mass is 10.2. The summed E-state index contributed by atoms with van der Waals surface area (Å²) in [5.74, 6) is 1.73. The second-order valence-electron chi connectivity index (χ2n) is 7.97. The van der Waals surface area contributed by atoms with Crippen LogP contribution in [-0.2, 0) is 16.1 Å². The SMILES string of the molecule is CCN(CC(=O)Nc1ccc(OC)cc1)CC(=O)N(Cc1cccs1)c1ccc2c(c1)OCCO2. The molecular formula is C26H29N3O5S. The summed E-state index contributed by atoms with van der Waals surface area (Å²) in [5, 5.41) is 4.86. The molecule has 2 heterocycles. The summed E-state index contributed by atoms with van der Waals surface area (Å²) in [4.78, 5) is 30.7. The van der Waals surface area contributed by atoms with Crippen molar-refractivity contribution in [3.63, 3.8) is 0 Å². The zero-order chi connectivity index (χ0) is 24.6. The van der Waals surface area contributed by atoms with Crippen molar-refractivity contribution in [3.05, 3.63) is 64.9 Å². The first-order valence-electron chi connectivity index (χ1n) is 11.4. The number of methoxy groups -OCH3 is 1. The van der Waals surface area contributed by atoms with Gasteiger partial charge in [0.25, 0.3) is 0 Å². The highest BCUT2D eigenvalue weighted by Crippen LogP contribution is 2.34. The number of anilines is 2. The van der Waals surface area contributed by atoms with Crippen LogP contribution < -0.4 is 24.4 Å². The Hall–Kier alpha value is -3.56. The van der Waals surface area contributed by atoms with Gasteiger partial charge in [0.05, 0.1) is 26.7 Å². The van der Waals surface area contributed by atoms with Gasteiger partial charge in [-0.05, 0) is 54.4 Å². The Bertz CT molecular complexity index is 1130. The summed E-state index contributed by atoms with van der Waals surface area (Å²) in [7, 11) is 1.59. The molecule has 2 aromatic carbocycles. The van der Waals surface area contributed by atoms with Gasteiger partial charge in [-0.1, -0.05) is 13.0 Å². The Morgan fingerprint density at radius 2 is 1.80 bits per heavy atom. The average Bonchev–Trinajstić information content (AvgIpc) is 3.40. The molecule has 0 saturated heterocycles. The first-order chi connectivity index (χ1) is 17.1. The summed E-state index contributed by atoms with van der Waals surface area (Å²) >= 11 is 1.59. The molecule has 1 aliphatic rings. The number of hydrogen-bond donors (Lipinski definition) is 1. The summed E-state index contributed by atoms with van der Waals surface area (Å²) in [6, 6.07) is 16.6. The van der Waals surface area contributed by atoms with Crippen molar-refractivity contribution >= 4 is 34.5 Å². The standard InChI is InChI=1S/C26H29N3O5S/c1-3-28(17-25(30)27-19-6-9-21(32-2)10-7-19)18-26(31)29(16-22-5-4-14-35-22)20-8-11-23-24(15-20)34-13-12-33-23/h4-11,14-15H,3,12-13,16-18H2,1-2H3,(H,27,30). The van der Waals surface area contributed by atoms with Crippen molar-refractivity contribution in [3.8, 4) is 17.2 Å². The van der Waals surface area contributed by atoms with Crippen molar-refractivity contribution in [2.45, 2.75) is 13.5 Å². The smallest absolute Gasteiger partial charge is 0.241 e. The molecule has 0 atom stereocenters. The quantitative estimate of drug-likeness (QED) is 0.458. The molecule has 2 amide bonds. The number of fused-ring (bicyclic) bond motifs is 1. The third-order valence-electron chi connectivity index (χ3n) is 5.58. The molecule has 0 spiro atoms. The van der Waals surface area contributed by atoms with Crippen LogP contribution in [0.3, 0.4) is 0 Å². The molecule has 3 aromatic rings. The molecule has 0 saturated carbocycles. The Morgan fingerprint density at radius 3 is 2.49 bits per heavy atom. The number of amides is 2. The van der Waals surface area contributed by atoms with Crippen LogP contribution in [-0.4, -0.2) is 56.7 Å². The Labute approximate surface area is 209 Å². The average molecular weight is 496 g/mol. The number of ether oxygens (including phenoxy) is 3. The summed E-state index contributed by atoms with van der Waals surface area (Å²) in [6.45, 7) is 4.11. The molecule has 9 heteroatoms. The maximum atomic E-state index is 13.5. The number of carbonyl (C=O) groups is 2. The van der Waals surface area contributed by atoms with E-state index in [9.17, 15) is 9.59 Å². The lowest BCUT2D eigenvalue weighted by Crippen LogP contribution is -2.43. The van der Waals surface area contributed by atoms with Crippen molar-refractivity contribution in [2.24, 2.45) is 0 Å². The molecule has 184 valence electrons. The third-order valence-corrected chi connectivity index (χ3v) is 6.44. The van der Waals surface area contributed by atoms with Gasteiger partial charge in [0.15, 0.2) is 11.5 Å². The number of benzene rings is 2. The van der Waals surface area contributed by atoms with Crippen LogP contribution in [0.4, 0.5) is 11.4 Å². The molecule has 0 fully saturated rings. The van der Waals surface area contributed by atoms with Crippen molar-refractivity contribution < 1.29 is 23.8 Å². The maximum absolute atomic E-state index is 13.5. The van der Waals surface area contributed by atoms with Crippen molar-refractivity contribution in [1.29, 1.82) is 0 Å². The zero-order valence-corrected chi connectivity index (χ0v) is 20.7. The number of carbonyl (C=O) groups excluding carboxylic acids is 2. The van der Waals surface area contributed by atoms with Crippen LogP contribution in [0, 0.1) is 0 Å². The van der Waals surface area contributed by atoms with E-state index in [0.717, 1.165) is 10.6 Å². The van der Waals surface area contributed by atoms with E-state index < -0.39 is 0 Å². The predicted molar refractivity (Wildman–Crippen MR) is 137 cm³/mol. The van der Waals surface area contributed by atoms with Gasteiger partial charge in [0.1, 0.15) is 19.0 Å². The summed E-state index contributed by atoms with van der Waals surface area (Å²) in [6.07, 6.45) is 0. The van der Waals surface area contributed by atoms with E-state index in [2.05, 4.69) is 5.32 Å². The molecule has 0 radical (unpaired) electrons. The van der Waals surface area contributed by atoms with E-state index in [1.54, 1.807) is 47.6 Å². The monoisotopic (exact) mass is 495 g/mol. The topological polar surface area (TPSA) is 80.3 Å². The fourth-order valence-corrected chi connectivity index (χ4v) is 4.41. The first-order valence-corrected chi connectivity index (χ1v) is 12.3. The molecule has 1 aromatic heterocycles. The van der Waals surface area contributed by atoms with E-state index in [4.69, 9.17) is 14.2 Å². The highest BCUT2D eigenvalue weighted by Gasteiger charge is 2.23. The molecular weight excluding hydrogens is 466 g/mol. The number of hydrogen-bond acceptors (Lipinski definition) is 7. The normalized spacial score (nSPS) is 12.3. The van der Waals surface area contributed by atoms with Gasteiger partial charge in [-0.2, -0.15) is 0 Å². The van der Waals surface area contributed by atoms with Gasteiger partial charge in [-0.15, -0.1) is 11.3 Å². The lowest BCUT2D eigenvalue weighted by molar-refractivity contribution is -0.121. The van der Waals surface area contributed by atoms with Crippen LogP contribution in [0.25, 0.3) is 0 Å². The fourth-order valence-electron chi connectivity index (χ4n) is 3.72. The van der Waals surface area contributed by atoms with E-state index in [1.165, 1.54) is 0 Å². The van der Waals surface area contributed by atoms with Crippen LogP contribution in [0.1, 0.15) is 11.8 Å². The minimum absolute atomic E-state index is 0.0995. The zero-order valence-electron chi connectivity index (χ0n) is 19.9. The highest BCUT2D eigenvalue weighted by atomic mass is 32.1. The van der Waals surface area contributed by atoms with E-state index in [0.29, 0.717) is 49.2 Å². The summed E-state index contributed by atoms with van der Waals surface area (Å²) < 4.78 is 16.5. The van der Waals surface area contributed by atoms with Gasteiger partial charge in [0.2, 0.25) is 11.8 Å². The first kappa shape index (κ1) is 24.6. The summed E-state index contributed by atoms with van der Waals surface area (Å²) in [5.41, 5.74) is 1.40. The van der Waals surface area contributed by atoms with Gasteiger partial charge in [-0.3, -0.25) is 14.5 Å². The number of likely N-dealkylation sites (N-methyl/N-ethyl adjacent to an activating group) is 1. The largest absolute Gasteiger partial charge is 0.497 e. The van der Waals surface area contributed by atoms with E-state index >= 15 is 0 Å². The minimum atomic E-state index is -0.186. The third kappa shape index (κ3) is 6.52. The predicted octanol–water partition coefficient (Wildman–Crippen LogP) is 4.02.